The Hall–Kier alpha value is -0.650. The zero-order valence-electron chi connectivity index (χ0n) is 10.2. The van der Waals surface area contributed by atoms with Crippen LogP contribution in [0.4, 0.5) is 0 Å². The lowest BCUT2D eigenvalue weighted by Crippen LogP contribution is -2.19. The number of aromatic nitrogens is 2. The van der Waals surface area contributed by atoms with Crippen molar-refractivity contribution in [2.75, 3.05) is 7.05 Å². The van der Waals surface area contributed by atoms with Gasteiger partial charge in [-0.3, -0.25) is 4.68 Å². The summed E-state index contributed by atoms with van der Waals surface area (Å²) in [6.07, 6.45) is 0.959. The zero-order valence-corrected chi connectivity index (χ0v) is 12.6. The van der Waals surface area contributed by atoms with Gasteiger partial charge in [0.1, 0.15) is 0 Å². The van der Waals surface area contributed by atoms with Gasteiger partial charge in [0.2, 0.25) is 0 Å². The van der Waals surface area contributed by atoms with Gasteiger partial charge in [0.15, 0.2) is 0 Å². The molecule has 0 aliphatic carbocycles. The average Bonchev–Trinajstić information content (AvgIpc) is 2.82. The molecule has 3 nitrogen and oxygen atoms in total. The van der Waals surface area contributed by atoms with Crippen molar-refractivity contribution in [2.45, 2.75) is 19.4 Å². The zero-order chi connectivity index (χ0) is 12.4. The third-order valence-corrected chi connectivity index (χ3v) is 4.54. The Balaban J connectivity index is 2.18. The maximum Gasteiger partial charge on any atom is 0.0701 e. The number of nitrogens with one attached hydrogen (secondary N) is 1. The monoisotopic (exact) mass is 313 g/mol. The quantitative estimate of drug-likeness (QED) is 0.940. The van der Waals surface area contributed by atoms with Crippen LogP contribution in [0.3, 0.4) is 0 Å². The van der Waals surface area contributed by atoms with E-state index in [0.29, 0.717) is 6.04 Å². The molecule has 0 aliphatic heterocycles. The molecule has 1 unspecified atom stereocenters. The molecule has 2 aromatic heterocycles. The van der Waals surface area contributed by atoms with Gasteiger partial charge < -0.3 is 5.32 Å². The SMILES string of the molecule is CNC(Cc1cc(C)nn1C)c1ccc(Br)s1. The number of halogens is 1. The van der Waals surface area contributed by atoms with Gasteiger partial charge in [0.25, 0.3) is 0 Å². The maximum absolute atomic E-state index is 4.38. The Morgan fingerprint density at radius 1 is 1.53 bits per heavy atom. The molecule has 0 fully saturated rings. The van der Waals surface area contributed by atoms with Crippen molar-refractivity contribution >= 4 is 27.3 Å². The third kappa shape index (κ3) is 2.97. The van der Waals surface area contributed by atoms with Gasteiger partial charge in [0.05, 0.1) is 9.48 Å². The van der Waals surface area contributed by atoms with Gasteiger partial charge in [-0.2, -0.15) is 5.10 Å². The minimum atomic E-state index is 0.348. The van der Waals surface area contributed by atoms with Crippen molar-refractivity contribution in [2.24, 2.45) is 7.05 Å². The fourth-order valence-corrected chi connectivity index (χ4v) is 3.46. The highest BCUT2D eigenvalue weighted by Crippen LogP contribution is 2.29. The Kier molecular flexibility index (Phi) is 4.01. The van der Waals surface area contributed by atoms with E-state index >= 15 is 0 Å². The van der Waals surface area contributed by atoms with Crippen LogP contribution in [0.1, 0.15) is 22.3 Å². The number of nitrogens with zero attached hydrogens (tertiary/aromatic N) is 2. The number of rotatable bonds is 4. The molecule has 2 aromatic rings. The van der Waals surface area contributed by atoms with Crippen LogP contribution >= 0.6 is 27.3 Å². The fourth-order valence-electron chi connectivity index (χ4n) is 1.92. The minimum absolute atomic E-state index is 0.348. The highest BCUT2D eigenvalue weighted by Gasteiger charge is 2.14. The van der Waals surface area contributed by atoms with Crippen molar-refractivity contribution in [1.82, 2.24) is 15.1 Å². The summed E-state index contributed by atoms with van der Waals surface area (Å²) in [6, 6.07) is 6.76. The van der Waals surface area contributed by atoms with Crippen LogP contribution in [0.5, 0.6) is 0 Å². The topological polar surface area (TPSA) is 29.9 Å². The van der Waals surface area contributed by atoms with E-state index in [-0.39, 0.29) is 0 Å². The van der Waals surface area contributed by atoms with Crippen molar-refractivity contribution in [3.05, 3.63) is 38.3 Å². The van der Waals surface area contributed by atoms with Gasteiger partial charge in [-0.15, -0.1) is 11.3 Å². The van der Waals surface area contributed by atoms with Crippen molar-refractivity contribution in [3.63, 3.8) is 0 Å². The van der Waals surface area contributed by atoms with Crippen molar-refractivity contribution in [1.29, 1.82) is 0 Å². The molecular weight excluding hydrogens is 298 g/mol. The summed E-state index contributed by atoms with van der Waals surface area (Å²) in [5.74, 6) is 0. The molecule has 0 amide bonds. The first-order valence-corrected chi connectivity index (χ1v) is 7.13. The molecule has 5 heteroatoms. The average molecular weight is 314 g/mol. The predicted molar refractivity (Wildman–Crippen MR) is 75.5 cm³/mol. The molecule has 1 atom stereocenters. The first kappa shape index (κ1) is 12.8. The van der Waals surface area contributed by atoms with E-state index in [4.69, 9.17) is 0 Å². The van der Waals surface area contributed by atoms with Crippen LogP contribution in [-0.4, -0.2) is 16.8 Å². The van der Waals surface area contributed by atoms with Gasteiger partial charge in [-0.1, -0.05) is 0 Å². The molecular formula is C12H16BrN3S. The van der Waals surface area contributed by atoms with Crippen LogP contribution < -0.4 is 5.32 Å². The first-order chi connectivity index (χ1) is 8.10. The van der Waals surface area contributed by atoms with Gasteiger partial charge in [-0.05, 0) is 48.1 Å². The Labute approximate surface area is 114 Å². The molecule has 17 heavy (non-hydrogen) atoms. The van der Waals surface area contributed by atoms with Crippen LogP contribution in [0.2, 0.25) is 0 Å². The Morgan fingerprint density at radius 3 is 2.76 bits per heavy atom. The predicted octanol–water partition coefficient (Wildman–Crippen LogP) is 3.06. The summed E-state index contributed by atoms with van der Waals surface area (Å²) in [5.41, 5.74) is 2.33. The highest BCUT2D eigenvalue weighted by molar-refractivity contribution is 9.11. The summed E-state index contributed by atoms with van der Waals surface area (Å²) < 4.78 is 3.14. The third-order valence-electron chi connectivity index (χ3n) is 2.80. The molecule has 0 saturated heterocycles. The van der Waals surface area contributed by atoms with Crippen molar-refractivity contribution in [3.8, 4) is 0 Å². The van der Waals surface area contributed by atoms with Crippen LogP contribution in [0, 0.1) is 6.92 Å². The van der Waals surface area contributed by atoms with Crippen molar-refractivity contribution < 1.29 is 0 Å². The second kappa shape index (κ2) is 5.33. The van der Waals surface area contributed by atoms with Gasteiger partial charge >= 0.3 is 0 Å². The number of likely N-dealkylation sites (N-methyl/N-ethyl adjacent to an activating group) is 1. The molecule has 1 N–H and O–H groups in total. The molecule has 0 spiro atoms. The number of hydrogen-bond acceptors (Lipinski definition) is 3. The summed E-state index contributed by atoms with van der Waals surface area (Å²) in [5, 5.41) is 7.75. The number of hydrogen-bond donors (Lipinski definition) is 1. The molecule has 0 bridgehead atoms. The van der Waals surface area contributed by atoms with E-state index in [1.807, 2.05) is 25.7 Å². The largest absolute Gasteiger partial charge is 0.312 e. The summed E-state index contributed by atoms with van der Waals surface area (Å²) in [7, 11) is 4.00. The highest BCUT2D eigenvalue weighted by atomic mass is 79.9. The van der Waals surface area contributed by atoms with E-state index in [1.54, 1.807) is 11.3 Å². The first-order valence-electron chi connectivity index (χ1n) is 5.52. The molecule has 0 aromatic carbocycles. The van der Waals surface area contributed by atoms with E-state index in [2.05, 4.69) is 44.5 Å². The van der Waals surface area contributed by atoms with E-state index in [9.17, 15) is 0 Å². The lowest BCUT2D eigenvalue weighted by Gasteiger charge is -2.14. The fraction of sp³-hybridized carbons (Fsp3) is 0.417. The summed E-state index contributed by atoms with van der Waals surface area (Å²) in [6.45, 7) is 2.03. The van der Waals surface area contributed by atoms with E-state index < -0.39 is 0 Å². The number of aryl methyl sites for hydroxylation is 2. The van der Waals surface area contributed by atoms with E-state index in [1.165, 1.54) is 14.4 Å². The van der Waals surface area contributed by atoms with Crippen LogP contribution in [-0.2, 0) is 13.5 Å². The minimum Gasteiger partial charge on any atom is -0.312 e. The smallest absolute Gasteiger partial charge is 0.0701 e. The van der Waals surface area contributed by atoms with Gasteiger partial charge in [-0.25, -0.2) is 0 Å². The van der Waals surface area contributed by atoms with Gasteiger partial charge in [0, 0.05) is 30.1 Å². The normalized spacial score (nSPS) is 12.9. The summed E-state index contributed by atoms with van der Waals surface area (Å²) in [4.78, 5) is 1.35. The molecule has 2 rings (SSSR count). The lowest BCUT2D eigenvalue weighted by molar-refractivity contribution is 0.569. The van der Waals surface area contributed by atoms with E-state index in [0.717, 1.165) is 12.1 Å². The maximum atomic E-state index is 4.38. The molecule has 0 saturated carbocycles. The lowest BCUT2D eigenvalue weighted by atomic mass is 10.1. The molecule has 2 heterocycles. The molecule has 0 aliphatic rings. The molecule has 0 radical (unpaired) electrons. The summed E-state index contributed by atoms with van der Waals surface area (Å²) >= 11 is 5.28. The van der Waals surface area contributed by atoms with Crippen LogP contribution in [0.15, 0.2) is 22.0 Å². The van der Waals surface area contributed by atoms with Crippen LogP contribution in [0.25, 0.3) is 0 Å². The molecule has 92 valence electrons. The Morgan fingerprint density at radius 2 is 2.29 bits per heavy atom. The Bertz CT molecular complexity index is 504. The second-order valence-electron chi connectivity index (χ2n) is 4.09. The standard InChI is InChI=1S/C12H16BrN3S/c1-8-6-9(16(3)15-8)7-10(14-2)11-4-5-12(13)17-11/h4-6,10,14H,7H2,1-3H3. The number of thiophene rings is 1. The second-order valence-corrected chi connectivity index (χ2v) is 6.58.